The van der Waals surface area contributed by atoms with Crippen LogP contribution in [0, 0.1) is 0 Å². The molecule has 1 heterocycles. The van der Waals surface area contributed by atoms with E-state index in [4.69, 9.17) is 0 Å². The molecule has 2 aromatic carbocycles. The number of benzene rings is 2. The number of carbonyl (C=O) groups excluding carboxylic acids is 2. The number of rotatable bonds is 5. The predicted octanol–water partition coefficient (Wildman–Crippen LogP) is 2.76. The van der Waals surface area contributed by atoms with E-state index in [1.807, 2.05) is 66.4 Å². The molecule has 25 heavy (non-hydrogen) atoms. The number of nitrogens with one attached hydrogen (secondary N) is 2. The van der Waals surface area contributed by atoms with Crippen molar-refractivity contribution in [1.29, 1.82) is 0 Å². The molecular weight excluding hydrogens is 314 g/mol. The normalized spacial score (nSPS) is 15.4. The summed E-state index contributed by atoms with van der Waals surface area (Å²) in [5, 5.41) is 5.88. The fourth-order valence-corrected chi connectivity index (χ4v) is 3.18. The van der Waals surface area contributed by atoms with Crippen molar-refractivity contribution in [2.75, 3.05) is 29.9 Å². The van der Waals surface area contributed by atoms with Crippen LogP contribution in [-0.4, -0.2) is 31.4 Å². The van der Waals surface area contributed by atoms with E-state index in [-0.39, 0.29) is 17.7 Å². The molecule has 2 amide bonds. The van der Waals surface area contributed by atoms with Gasteiger partial charge in [-0.05, 0) is 24.1 Å². The van der Waals surface area contributed by atoms with Crippen molar-refractivity contribution in [1.82, 2.24) is 5.32 Å². The van der Waals surface area contributed by atoms with Crippen molar-refractivity contribution < 1.29 is 9.59 Å². The van der Waals surface area contributed by atoms with Gasteiger partial charge in [-0.3, -0.25) is 9.59 Å². The second-order valence-electron chi connectivity index (χ2n) is 6.15. The highest BCUT2D eigenvalue weighted by Crippen LogP contribution is 2.28. The SMILES string of the molecule is CCC(C(=O)Nc1ccccc1N1CCNC(=O)C1)c1ccccc1. The van der Waals surface area contributed by atoms with Gasteiger partial charge in [0.1, 0.15) is 0 Å². The predicted molar refractivity (Wildman–Crippen MR) is 99.8 cm³/mol. The second-order valence-corrected chi connectivity index (χ2v) is 6.15. The summed E-state index contributed by atoms with van der Waals surface area (Å²) >= 11 is 0. The zero-order valence-corrected chi connectivity index (χ0v) is 14.4. The lowest BCUT2D eigenvalue weighted by Gasteiger charge is -2.30. The first-order valence-electron chi connectivity index (χ1n) is 8.65. The topological polar surface area (TPSA) is 61.4 Å². The van der Waals surface area contributed by atoms with E-state index >= 15 is 0 Å². The van der Waals surface area contributed by atoms with Crippen LogP contribution in [0.25, 0.3) is 0 Å². The summed E-state index contributed by atoms with van der Waals surface area (Å²) in [4.78, 5) is 26.5. The minimum Gasteiger partial charge on any atom is -0.359 e. The van der Waals surface area contributed by atoms with Crippen molar-refractivity contribution in [3.63, 3.8) is 0 Å². The number of piperazine rings is 1. The molecule has 1 unspecified atom stereocenters. The third-order valence-corrected chi connectivity index (χ3v) is 4.47. The summed E-state index contributed by atoms with van der Waals surface area (Å²) in [6.45, 7) is 3.66. The third kappa shape index (κ3) is 3.99. The first-order valence-corrected chi connectivity index (χ1v) is 8.65. The van der Waals surface area contributed by atoms with Gasteiger partial charge in [-0.25, -0.2) is 0 Å². The van der Waals surface area contributed by atoms with Crippen LogP contribution < -0.4 is 15.5 Å². The Morgan fingerprint density at radius 3 is 2.60 bits per heavy atom. The molecule has 5 heteroatoms. The van der Waals surface area contributed by atoms with Gasteiger partial charge >= 0.3 is 0 Å². The summed E-state index contributed by atoms with van der Waals surface area (Å²) in [6, 6.07) is 17.5. The maximum atomic E-state index is 12.8. The van der Waals surface area contributed by atoms with Gasteiger partial charge < -0.3 is 15.5 Å². The van der Waals surface area contributed by atoms with Crippen LogP contribution in [0.2, 0.25) is 0 Å². The zero-order valence-electron chi connectivity index (χ0n) is 14.4. The largest absolute Gasteiger partial charge is 0.359 e. The molecule has 1 aliphatic rings. The highest BCUT2D eigenvalue weighted by molar-refractivity contribution is 5.99. The van der Waals surface area contributed by atoms with Gasteiger partial charge in [0.25, 0.3) is 0 Å². The molecule has 0 saturated carbocycles. The molecule has 3 rings (SSSR count). The lowest BCUT2D eigenvalue weighted by molar-refractivity contribution is -0.120. The molecule has 0 radical (unpaired) electrons. The number of hydrogen-bond acceptors (Lipinski definition) is 3. The minimum absolute atomic E-state index is 0.00287. The molecule has 2 aromatic rings. The smallest absolute Gasteiger partial charge is 0.239 e. The summed E-state index contributed by atoms with van der Waals surface area (Å²) < 4.78 is 0. The average Bonchev–Trinajstić information content (AvgIpc) is 2.64. The van der Waals surface area contributed by atoms with E-state index < -0.39 is 0 Å². The van der Waals surface area contributed by atoms with Crippen LogP contribution in [0.4, 0.5) is 11.4 Å². The summed E-state index contributed by atoms with van der Waals surface area (Å²) in [5.41, 5.74) is 2.64. The van der Waals surface area contributed by atoms with Crippen LogP contribution in [0.1, 0.15) is 24.8 Å². The Kier molecular flexibility index (Phi) is 5.33. The highest BCUT2D eigenvalue weighted by atomic mass is 16.2. The lowest BCUT2D eigenvalue weighted by atomic mass is 9.95. The number of amides is 2. The molecule has 1 saturated heterocycles. The molecule has 1 fully saturated rings. The van der Waals surface area contributed by atoms with E-state index in [1.165, 1.54) is 0 Å². The Labute approximate surface area is 148 Å². The molecule has 130 valence electrons. The molecule has 0 bridgehead atoms. The van der Waals surface area contributed by atoms with Crippen molar-refractivity contribution in [2.45, 2.75) is 19.3 Å². The van der Waals surface area contributed by atoms with E-state index in [0.717, 1.165) is 29.9 Å². The van der Waals surface area contributed by atoms with Crippen LogP contribution in [0.15, 0.2) is 54.6 Å². The van der Waals surface area contributed by atoms with Gasteiger partial charge in [0.2, 0.25) is 11.8 Å². The minimum atomic E-state index is -0.195. The highest BCUT2D eigenvalue weighted by Gasteiger charge is 2.22. The number of carbonyl (C=O) groups is 2. The van der Waals surface area contributed by atoms with Crippen LogP contribution in [-0.2, 0) is 9.59 Å². The molecule has 1 atom stereocenters. The molecule has 5 nitrogen and oxygen atoms in total. The van der Waals surface area contributed by atoms with E-state index in [2.05, 4.69) is 10.6 Å². The Hall–Kier alpha value is -2.82. The first kappa shape index (κ1) is 17.0. The summed E-state index contributed by atoms with van der Waals surface area (Å²) in [7, 11) is 0. The Bertz CT molecular complexity index is 746. The van der Waals surface area contributed by atoms with Crippen LogP contribution in [0.3, 0.4) is 0 Å². The first-order chi connectivity index (χ1) is 12.2. The van der Waals surface area contributed by atoms with Crippen molar-refractivity contribution in [3.8, 4) is 0 Å². The van der Waals surface area contributed by atoms with Gasteiger partial charge in [0, 0.05) is 13.1 Å². The maximum absolute atomic E-state index is 12.8. The lowest BCUT2D eigenvalue weighted by Crippen LogP contribution is -2.48. The van der Waals surface area contributed by atoms with Crippen molar-refractivity contribution in [3.05, 3.63) is 60.2 Å². The monoisotopic (exact) mass is 337 g/mol. The van der Waals surface area contributed by atoms with E-state index in [0.29, 0.717) is 13.1 Å². The van der Waals surface area contributed by atoms with Crippen LogP contribution in [0.5, 0.6) is 0 Å². The Morgan fingerprint density at radius 1 is 1.16 bits per heavy atom. The number of anilines is 2. The fourth-order valence-electron chi connectivity index (χ4n) is 3.18. The van der Waals surface area contributed by atoms with Gasteiger partial charge in [0.05, 0.1) is 23.8 Å². The molecule has 1 aliphatic heterocycles. The fraction of sp³-hybridized carbons (Fsp3) is 0.300. The Morgan fingerprint density at radius 2 is 1.88 bits per heavy atom. The number of nitrogens with zero attached hydrogens (tertiary/aromatic N) is 1. The summed E-state index contributed by atoms with van der Waals surface area (Å²) in [6.07, 6.45) is 0.726. The number of para-hydroxylation sites is 2. The van der Waals surface area contributed by atoms with Crippen LogP contribution >= 0.6 is 0 Å². The van der Waals surface area contributed by atoms with Gasteiger partial charge in [0.15, 0.2) is 0 Å². The third-order valence-electron chi connectivity index (χ3n) is 4.47. The van der Waals surface area contributed by atoms with E-state index in [9.17, 15) is 9.59 Å². The zero-order chi connectivity index (χ0) is 17.6. The number of hydrogen-bond donors (Lipinski definition) is 2. The standard InChI is InChI=1S/C20H23N3O2/c1-2-16(15-8-4-3-5-9-15)20(25)22-17-10-6-7-11-18(17)23-13-12-21-19(24)14-23/h3-11,16H,2,12-14H2,1H3,(H,21,24)(H,22,25). The molecular formula is C20H23N3O2. The molecule has 0 aliphatic carbocycles. The summed E-state index contributed by atoms with van der Waals surface area (Å²) in [5.74, 6) is -0.218. The van der Waals surface area contributed by atoms with Gasteiger partial charge in [-0.15, -0.1) is 0 Å². The van der Waals surface area contributed by atoms with E-state index in [1.54, 1.807) is 0 Å². The van der Waals surface area contributed by atoms with Gasteiger partial charge in [-0.1, -0.05) is 49.4 Å². The van der Waals surface area contributed by atoms with Crippen molar-refractivity contribution in [2.24, 2.45) is 0 Å². The quantitative estimate of drug-likeness (QED) is 0.882. The molecule has 0 spiro atoms. The average molecular weight is 337 g/mol. The second kappa shape index (κ2) is 7.83. The maximum Gasteiger partial charge on any atom is 0.239 e. The Balaban J connectivity index is 1.80. The van der Waals surface area contributed by atoms with Crippen molar-refractivity contribution >= 4 is 23.2 Å². The molecule has 2 N–H and O–H groups in total. The molecule has 0 aromatic heterocycles. The van der Waals surface area contributed by atoms with Gasteiger partial charge in [-0.2, -0.15) is 0 Å².